The lowest BCUT2D eigenvalue weighted by atomic mass is 10.2. The summed E-state index contributed by atoms with van der Waals surface area (Å²) in [7, 11) is 2.11. The molecule has 0 bridgehead atoms. The SMILES string of the molecule is CCCCCN1C=CN(C)C1.O=C1CC[C@H](C(=O)O)N1. The number of hydrogen-bond donors (Lipinski definition) is 2. The maximum Gasteiger partial charge on any atom is 0.326 e. The Morgan fingerprint density at radius 2 is 2.20 bits per heavy atom. The van der Waals surface area contributed by atoms with Crippen molar-refractivity contribution in [3.63, 3.8) is 0 Å². The fraction of sp³-hybridized carbons (Fsp3) is 0.714. The van der Waals surface area contributed by atoms with Crippen molar-refractivity contribution >= 4 is 11.9 Å². The highest BCUT2D eigenvalue weighted by Gasteiger charge is 2.26. The summed E-state index contributed by atoms with van der Waals surface area (Å²) in [6.45, 7) is 4.53. The Kier molecular flexibility index (Phi) is 6.90. The van der Waals surface area contributed by atoms with Gasteiger partial charge in [0.05, 0.1) is 6.67 Å². The van der Waals surface area contributed by atoms with Gasteiger partial charge in [-0.3, -0.25) is 4.79 Å². The number of carbonyl (C=O) groups is 2. The smallest absolute Gasteiger partial charge is 0.326 e. The number of carboxylic acid groups (broad SMARTS) is 1. The molecule has 1 amide bonds. The first-order valence-corrected chi connectivity index (χ1v) is 7.17. The molecule has 114 valence electrons. The van der Waals surface area contributed by atoms with Crippen LogP contribution in [0.4, 0.5) is 0 Å². The van der Waals surface area contributed by atoms with E-state index in [9.17, 15) is 9.59 Å². The van der Waals surface area contributed by atoms with Crippen molar-refractivity contribution in [2.75, 3.05) is 20.3 Å². The molecule has 1 fully saturated rings. The molecule has 0 unspecified atom stereocenters. The van der Waals surface area contributed by atoms with Crippen molar-refractivity contribution < 1.29 is 14.7 Å². The highest BCUT2D eigenvalue weighted by molar-refractivity contribution is 5.87. The number of carboxylic acids is 1. The van der Waals surface area contributed by atoms with Crippen LogP contribution in [-0.4, -0.2) is 53.1 Å². The summed E-state index contributed by atoms with van der Waals surface area (Å²) >= 11 is 0. The van der Waals surface area contributed by atoms with Crippen LogP contribution in [0.2, 0.25) is 0 Å². The topological polar surface area (TPSA) is 72.9 Å². The first kappa shape index (κ1) is 16.3. The maximum atomic E-state index is 10.4. The van der Waals surface area contributed by atoms with Crippen molar-refractivity contribution in [1.82, 2.24) is 15.1 Å². The molecule has 0 aromatic heterocycles. The van der Waals surface area contributed by atoms with Gasteiger partial charge in [-0.05, 0) is 12.8 Å². The Labute approximate surface area is 120 Å². The summed E-state index contributed by atoms with van der Waals surface area (Å²) in [5.74, 6) is -1.11. The van der Waals surface area contributed by atoms with Gasteiger partial charge in [0.25, 0.3) is 0 Å². The first-order valence-electron chi connectivity index (χ1n) is 7.17. The maximum absolute atomic E-state index is 10.4. The van der Waals surface area contributed by atoms with E-state index in [4.69, 9.17) is 5.11 Å². The van der Waals surface area contributed by atoms with Gasteiger partial charge < -0.3 is 20.2 Å². The van der Waals surface area contributed by atoms with E-state index < -0.39 is 12.0 Å². The zero-order chi connectivity index (χ0) is 15.0. The minimum Gasteiger partial charge on any atom is -0.480 e. The first-order chi connectivity index (χ1) is 9.52. The van der Waals surface area contributed by atoms with Crippen LogP contribution < -0.4 is 5.32 Å². The molecule has 20 heavy (non-hydrogen) atoms. The normalized spacial score (nSPS) is 20.7. The van der Waals surface area contributed by atoms with Crippen LogP contribution in [0.3, 0.4) is 0 Å². The Morgan fingerprint density at radius 3 is 2.60 bits per heavy atom. The van der Waals surface area contributed by atoms with Crippen LogP contribution in [0.25, 0.3) is 0 Å². The molecule has 6 nitrogen and oxygen atoms in total. The van der Waals surface area contributed by atoms with E-state index in [1.165, 1.54) is 25.8 Å². The van der Waals surface area contributed by atoms with Crippen molar-refractivity contribution in [2.24, 2.45) is 0 Å². The standard InChI is InChI=1S/C9H18N2.C5H7NO3/c1-3-4-5-6-11-8-7-10(2)9-11;7-4-2-1-3(6-4)5(8)9/h7-8H,3-6,9H2,1-2H3;3H,1-2H2,(H,6,7)(H,8,9)/t;3-/m.1/s1. The molecule has 0 radical (unpaired) electrons. The second-order valence-corrected chi connectivity index (χ2v) is 5.21. The van der Waals surface area contributed by atoms with E-state index in [-0.39, 0.29) is 5.91 Å². The molecule has 2 N–H and O–H groups in total. The van der Waals surface area contributed by atoms with E-state index in [0.29, 0.717) is 12.8 Å². The van der Waals surface area contributed by atoms with Crippen LogP contribution >= 0.6 is 0 Å². The predicted octanol–water partition coefficient (Wildman–Crippen LogP) is 1.20. The van der Waals surface area contributed by atoms with E-state index in [1.807, 2.05) is 0 Å². The number of nitrogens with one attached hydrogen (secondary N) is 1. The molecule has 2 aliphatic rings. The van der Waals surface area contributed by atoms with Gasteiger partial charge in [-0.25, -0.2) is 4.79 Å². The number of rotatable bonds is 5. The molecule has 2 rings (SSSR count). The molecule has 2 aliphatic heterocycles. The summed E-state index contributed by atoms with van der Waals surface area (Å²) in [5.41, 5.74) is 0. The Hall–Kier alpha value is -1.72. The lowest BCUT2D eigenvalue weighted by Crippen LogP contribution is -2.32. The fourth-order valence-electron chi connectivity index (χ4n) is 2.10. The molecule has 0 saturated carbocycles. The minimum atomic E-state index is -0.944. The molecule has 0 aliphatic carbocycles. The molecular formula is C14H25N3O3. The van der Waals surface area contributed by atoms with Crippen LogP contribution in [0.5, 0.6) is 0 Å². The molecule has 1 saturated heterocycles. The number of unbranched alkanes of at least 4 members (excludes halogenated alkanes) is 2. The average molecular weight is 283 g/mol. The van der Waals surface area contributed by atoms with Crippen molar-refractivity contribution in [3.05, 3.63) is 12.4 Å². The van der Waals surface area contributed by atoms with Gasteiger partial charge in [0.15, 0.2) is 0 Å². The van der Waals surface area contributed by atoms with Gasteiger partial charge in [-0.15, -0.1) is 0 Å². The molecule has 6 heteroatoms. The predicted molar refractivity (Wildman–Crippen MR) is 76.8 cm³/mol. The van der Waals surface area contributed by atoms with Crippen LogP contribution in [0.1, 0.15) is 39.0 Å². The van der Waals surface area contributed by atoms with Crippen LogP contribution in [-0.2, 0) is 9.59 Å². The van der Waals surface area contributed by atoms with Gasteiger partial charge in [-0.1, -0.05) is 19.8 Å². The van der Waals surface area contributed by atoms with E-state index in [0.717, 1.165) is 6.67 Å². The third-order valence-electron chi connectivity index (χ3n) is 3.28. The number of nitrogens with zero attached hydrogens (tertiary/aromatic N) is 2. The summed E-state index contributed by atoms with van der Waals surface area (Å²) in [6, 6.07) is -0.641. The molecular weight excluding hydrogens is 258 g/mol. The highest BCUT2D eigenvalue weighted by Crippen LogP contribution is 2.06. The third kappa shape index (κ3) is 5.95. The quantitative estimate of drug-likeness (QED) is 0.742. The van der Waals surface area contributed by atoms with Gasteiger partial charge in [0.2, 0.25) is 5.91 Å². The second kappa shape index (κ2) is 8.45. The fourth-order valence-corrected chi connectivity index (χ4v) is 2.10. The van der Waals surface area contributed by atoms with Crippen molar-refractivity contribution in [3.8, 4) is 0 Å². The largest absolute Gasteiger partial charge is 0.480 e. The number of aliphatic carboxylic acids is 1. The highest BCUT2D eigenvalue weighted by atomic mass is 16.4. The van der Waals surface area contributed by atoms with Gasteiger partial charge in [0, 0.05) is 32.4 Å². The Balaban J connectivity index is 0.000000204. The zero-order valence-corrected chi connectivity index (χ0v) is 12.3. The lowest BCUT2D eigenvalue weighted by molar-refractivity contribution is -0.140. The molecule has 0 aromatic carbocycles. The Bertz CT molecular complexity index is 358. The Morgan fingerprint density at radius 1 is 1.45 bits per heavy atom. The van der Waals surface area contributed by atoms with Crippen molar-refractivity contribution in [2.45, 2.75) is 45.1 Å². The third-order valence-corrected chi connectivity index (χ3v) is 3.28. The van der Waals surface area contributed by atoms with Gasteiger partial charge in [0.1, 0.15) is 6.04 Å². The zero-order valence-electron chi connectivity index (χ0n) is 12.3. The number of carbonyl (C=O) groups excluding carboxylic acids is 1. The summed E-state index contributed by atoms with van der Waals surface area (Å²) in [5, 5.41) is 10.6. The summed E-state index contributed by atoms with van der Waals surface area (Å²) in [6.07, 6.45) is 9.07. The number of amides is 1. The molecule has 0 spiro atoms. The summed E-state index contributed by atoms with van der Waals surface area (Å²) < 4.78 is 0. The van der Waals surface area contributed by atoms with Gasteiger partial charge in [-0.2, -0.15) is 0 Å². The van der Waals surface area contributed by atoms with Crippen LogP contribution in [0, 0.1) is 0 Å². The molecule has 2 heterocycles. The van der Waals surface area contributed by atoms with Crippen molar-refractivity contribution in [1.29, 1.82) is 0 Å². The van der Waals surface area contributed by atoms with Gasteiger partial charge >= 0.3 is 5.97 Å². The lowest BCUT2D eigenvalue weighted by Gasteiger charge is -2.17. The monoisotopic (exact) mass is 283 g/mol. The second-order valence-electron chi connectivity index (χ2n) is 5.21. The van der Waals surface area contributed by atoms with E-state index >= 15 is 0 Å². The van der Waals surface area contributed by atoms with E-state index in [2.05, 4.69) is 41.5 Å². The minimum absolute atomic E-state index is 0.164. The molecule has 0 aromatic rings. The molecule has 1 atom stereocenters. The number of hydrogen-bond acceptors (Lipinski definition) is 4. The van der Waals surface area contributed by atoms with Crippen LogP contribution in [0.15, 0.2) is 12.4 Å². The summed E-state index contributed by atoms with van der Waals surface area (Å²) in [4.78, 5) is 25.1. The van der Waals surface area contributed by atoms with E-state index in [1.54, 1.807) is 0 Å². The average Bonchev–Trinajstić information content (AvgIpc) is 3.00.